The van der Waals surface area contributed by atoms with Crippen LogP contribution in [0.25, 0.3) is 99.7 Å². The molecule has 0 fully saturated rings. The first-order valence-electron chi connectivity index (χ1n) is 34.8. The van der Waals surface area contributed by atoms with Crippen LogP contribution in [0.15, 0.2) is 285 Å². The molecule has 100 heavy (non-hydrogen) atoms. The van der Waals surface area contributed by atoms with Gasteiger partial charge in [0.25, 0.3) is 0 Å². The molecule has 1 radical (unpaired) electrons. The Morgan fingerprint density at radius 3 is 1.34 bits per heavy atom. The SMILES string of the molecule is CC1(C)C2=C(CCC(c3ccc4c(c3)C(C)(C)c3cc(C/C(O)=C/C(=O)Cc5ccc6c(c5)C(C)(C)c5cc(-c7ccc8c(c7)C(C)(C)c7ccccc7-8)ccc5-6)ccc3-4)=C2)c2ccccc21.[Ir].[c-]1ccccc1-c1nccc2ccccc12.[c-]1ccccc1-c1nccc2ccccc12. The molecule has 2 aromatic heterocycles. The summed E-state index contributed by atoms with van der Waals surface area (Å²) in [7, 11) is 0. The fourth-order valence-corrected chi connectivity index (χ4v) is 16.7. The Kier molecular flexibility index (Phi) is 16.8. The number of fused-ring (bicyclic) bond motifs is 13. The van der Waals surface area contributed by atoms with Crippen LogP contribution in [0, 0.1) is 12.1 Å². The molecule has 11 aromatic carbocycles. The van der Waals surface area contributed by atoms with Crippen molar-refractivity contribution in [2.24, 2.45) is 0 Å². The summed E-state index contributed by atoms with van der Waals surface area (Å²) in [4.78, 5) is 22.5. The molecule has 2 heterocycles. The van der Waals surface area contributed by atoms with E-state index in [1.807, 2.05) is 97.3 Å². The first-order chi connectivity index (χ1) is 47.9. The minimum absolute atomic E-state index is 0. The van der Waals surface area contributed by atoms with Crippen LogP contribution in [0.4, 0.5) is 0 Å². The maximum atomic E-state index is 13.6. The molecule has 0 amide bonds. The van der Waals surface area contributed by atoms with Crippen molar-refractivity contribution in [1.82, 2.24) is 9.97 Å². The summed E-state index contributed by atoms with van der Waals surface area (Å²) in [5, 5.41) is 16.0. The van der Waals surface area contributed by atoms with Crippen molar-refractivity contribution in [3.8, 4) is 67.0 Å². The number of allylic oxidation sites excluding steroid dienone is 6. The fourth-order valence-electron chi connectivity index (χ4n) is 16.7. The predicted molar refractivity (Wildman–Crippen MR) is 410 cm³/mol. The Morgan fingerprint density at radius 2 is 0.820 bits per heavy atom. The second-order valence-corrected chi connectivity index (χ2v) is 29.5. The number of carbonyl (C=O) groups is 1. The van der Waals surface area contributed by atoms with Gasteiger partial charge in [0, 0.05) is 73.1 Å². The number of nitrogens with zero attached hydrogens (tertiary/aromatic N) is 2. The summed E-state index contributed by atoms with van der Waals surface area (Å²) in [5.74, 6) is -0.00312. The molecule has 5 aliphatic rings. The van der Waals surface area contributed by atoms with Crippen LogP contribution in [0.5, 0.6) is 0 Å². The van der Waals surface area contributed by atoms with E-state index in [-0.39, 0.29) is 59.7 Å². The molecule has 491 valence electrons. The second kappa shape index (κ2) is 25.7. The van der Waals surface area contributed by atoms with Crippen molar-refractivity contribution < 1.29 is 30.0 Å². The van der Waals surface area contributed by atoms with Gasteiger partial charge in [0.15, 0.2) is 5.78 Å². The minimum Gasteiger partial charge on any atom is -0.512 e. The Balaban J connectivity index is 0.000000199. The van der Waals surface area contributed by atoms with Crippen molar-refractivity contribution in [3.63, 3.8) is 0 Å². The maximum Gasteiger partial charge on any atom is 0.163 e. The number of benzene rings is 11. The second-order valence-electron chi connectivity index (χ2n) is 29.5. The summed E-state index contributed by atoms with van der Waals surface area (Å²) >= 11 is 0. The van der Waals surface area contributed by atoms with Gasteiger partial charge in [-0.05, 0) is 199 Å². The van der Waals surface area contributed by atoms with E-state index < -0.39 is 0 Å². The first-order valence-corrected chi connectivity index (χ1v) is 34.8. The van der Waals surface area contributed by atoms with Crippen molar-refractivity contribution in [3.05, 3.63) is 358 Å². The van der Waals surface area contributed by atoms with Gasteiger partial charge in [0.05, 0.1) is 0 Å². The number of hydrogen-bond donors (Lipinski definition) is 1. The molecule has 0 saturated carbocycles. The van der Waals surface area contributed by atoms with E-state index in [1.165, 1.54) is 139 Å². The Labute approximate surface area is 602 Å². The van der Waals surface area contributed by atoms with Crippen molar-refractivity contribution in [1.29, 1.82) is 0 Å². The zero-order chi connectivity index (χ0) is 68.0. The number of aliphatic hydroxyl groups is 1. The van der Waals surface area contributed by atoms with Crippen LogP contribution >= 0.6 is 0 Å². The van der Waals surface area contributed by atoms with Crippen molar-refractivity contribution in [2.75, 3.05) is 0 Å². The van der Waals surface area contributed by atoms with Gasteiger partial charge < -0.3 is 15.1 Å². The van der Waals surface area contributed by atoms with Crippen molar-refractivity contribution >= 4 is 38.5 Å². The van der Waals surface area contributed by atoms with Crippen LogP contribution in [-0.4, -0.2) is 20.9 Å². The normalized spacial score (nSPS) is 15.4. The number of pyridine rings is 2. The number of carbonyl (C=O) groups excluding carboxylic acids is 1. The summed E-state index contributed by atoms with van der Waals surface area (Å²) in [6.45, 7) is 18.6. The first kappa shape index (κ1) is 65.5. The zero-order valence-corrected chi connectivity index (χ0v) is 60.3. The van der Waals surface area contributed by atoms with Crippen LogP contribution in [0.2, 0.25) is 0 Å². The summed E-state index contributed by atoms with van der Waals surface area (Å²) in [5.41, 5.74) is 32.2. The molecule has 4 nitrogen and oxygen atoms in total. The molecule has 0 saturated heterocycles. The molecule has 0 spiro atoms. The monoisotopic (exact) mass is 1470 g/mol. The number of aliphatic hydroxyl groups excluding tert-OH is 1. The van der Waals surface area contributed by atoms with E-state index in [0.29, 0.717) is 6.42 Å². The average Bonchev–Trinajstić information content (AvgIpc) is 1.59. The molecular weight excluding hydrogens is 1390 g/mol. The predicted octanol–water partition coefficient (Wildman–Crippen LogP) is 23.4. The molecule has 0 bridgehead atoms. The zero-order valence-electron chi connectivity index (χ0n) is 57.9. The smallest absolute Gasteiger partial charge is 0.163 e. The fraction of sp³-hybridized carbons (Fsp3) is 0.168. The van der Waals surface area contributed by atoms with Gasteiger partial charge in [0.2, 0.25) is 0 Å². The summed E-state index contributed by atoms with van der Waals surface area (Å²) < 4.78 is 0. The Bertz CT molecular complexity index is 5400. The average molecular weight is 1470 g/mol. The molecule has 5 heteroatoms. The Hall–Kier alpha value is -10.4. The topological polar surface area (TPSA) is 63.1 Å². The van der Waals surface area contributed by atoms with Crippen LogP contribution in [0.1, 0.15) is 129 Å². The van der Waals surface area contributed by atoms with Gasteiger partial charge in [-0.15, -0.1) is 71.8 Å². The third kappa shape index (κ3) is 11.4. The molecule has 18 rings (SSSR count). The van der Waals surface area contributed by atoms with Crippen LogP contribution in [0.3, 0.4) is 0 Å². The molecule has 5 aliphatic carbocycles. The van der Waals surface area contributed by atoms with E-state index in [4.69, 9.17) is 0 Å². The minimum atomic E-state index is -0.235. The summed E-state index contributed by atoms with van der Waals surface area (Å²) in [6, 6.07) is 94.7. The van der Waals surface area contributed by atoms with E-state index in [9.17, 15) is 9.90 Å². The van der Waals surface area contributed by atoms with Gasteiger partial charge >= 0.3 is 0 Å². The molecule has 13 aromatic rings. The molecular formula is C95H78IrN2O2-2. The van der Waals surface area contributed by atoms with Gasteiger partial charge in [-0.1, -0.05) is 231 Å². The van der Waals surface area contributed by atoms with E-state index >= 15 is 0 Å². The largest absolute Gasteiger partial charge is 0.512 e. The van der Waals surface area contributed by atoms with E-state index in [1.54, 1.807) is 0 Å². The third-order valence-electron chi connectivity index (χ3n) is 22.0. The third-order valence-corrected chi connectivity index (χ3v) is 22.0. The van der Waals surface area contributed by atoms with Crippen molar-refractivity contribution in [2.45, 2.75) is 103 Å². The van der Waals surface area contributed by atoms with Gasteiger partial charge in [-0.25, -0.2) is 0 Å². The molecule has 0 aliphatic heterocycles. The van der Waals surface area contributed by atoms with Crippen LogP contribution in [-0.2, 0) is 59.4 Å². The van der Waals surface area contributed by atoms with E-state index in [0.717, 1.165) is 46.5 Å². The maximum absolute atomic E-state index is 13.6. The number of ketones is 1. The number of hydrogen-bond acceptors (Lipinski definition) is 4. The number of rotatable bonds is 9. The van der Waals surface area contributed by atoms with Gasteiger partial charge in [-0.3, -0.25) is 4.79 Å². The van der Waals surface area contributed by atoms with Gasteiger partial charge in [-0.2, -0.15) is 0 Å². The quantitative estimate of drug-likeness (QED) is 0.0889. The molecule has 0 atom stereocenters. The molecule has 1 N–H and O–H groups in total. The standard InChI is InChI=1S/C65H58O2.2C15H10N.Ir/c1-62(2)54-15-11-9-13-46(54)50-25-19-40(33-58(50)62)42-21-27-52-48-23-17-38(31-56(48)64(5,6)60(52)35-42)29-44(66)37-45(67)30-39-18-24-49-53-28-22-43(36-61(53)65(7,8)57(49)32-39)41-20-26-51-47-14-10-12-16-55(47)63(3,4)59(51)34-41;2*1-2-7-13(8-3-1)15-14-9-5-4-6-12(14)10-11-16-15;/h9-19,21-25,27-28,31-37,67H,20,26,29-30H2,1-8H3;2*1-7,9-11H;/q;2*-1;/b45-37-;;;. The molecule has 0 unspecified atom stereocenters. The Morgan fingerprint density at radius 1 is 0.410 bits per heavy atom. The van der Waals surface area contributed by atoms with Gasteiger partial charge in [0.1, 0.15) is 5.76 Å². The van der Waals surface area contributed by atoms with Crippen LogP contribution < -0.4 is 0 Å². The van der Waals surface area contributed by atoms with E-state index in [2.05, 4.69) is 247 Å². The number of aromatic nitrogens is 2. The summed E-state index contributed by atoms with van der Waals surface area (Å²) in [6.07, 6.45) is 10.3.